The molecule has 0 aliphatic heterocycles. The van der Waals surface area contributed by atoms with Crippen LogP contribution in [0.5, 0.6) is 17.2 Å². The summed E-state index contributed by atoms with van der Waals surface area (Å²) in [5, 5.41) is 8.10. The number of rotatable bonds is 19. The quantitative estimate of drug-likeness (QED) is 0.206. The predicted octanol–water partition coefficient (Wildman–Crippen LogP) is 2.89. The highest BCUT2D eigenvalue weighted by Gasteiger charge is 2.29. The minimum absolute atomic E-state index is 0.0702. The monoisotopic (exact) mass is 612 g/mol. The number of carbonyl (C=O) groups excluding carboxylic acids is 4. The fraction of sp³-hybridized carbons (Fsp3) is 0.515. The maximum atomic E-state index is 13.2. The molecule has 0 radical (unpaired) electrons. The molecule has 0 heterocycles. The largest absolute Gasteiger partial charge is 0.497 e. The van der Waals surface area contributed by atoms with E-state index in [0.29, 0.717) is 36.5 Å². The number of nitrogens with one attached hydrogen (secondary N) is 3. The lowest BCUT2D eigenvalue weighted by Crippen LogP contribution is -2.54. The Balaban J connectivity index is 1.93. The molecule has 0 aliphatic carbocycles. The van der Waals surface area contributed by atoms with Gasteiger partial charge in [-0.2, -0.15) is 0 Å². The first kappa shape index (κ1) is 36.1. The molecule has 2 atom stereocenters. The van der Waals surface area contributed by atoms with Gasteiger partial charge in [0.1, 0.15) is 29.9 Å². The number of nitrogens with zero attached hydrogens (tertiary/aromatic N) is 1. The maximum absolute atomic E-state index is 13.2. The van der Waals surface area contributed by atoms with Gasteiger partial charge in [-0.15, -0.1) is 0 Å². The average Bonchev–Trinajstić information content (AvgIpc) is 3.00. The van der Waals surface area contributed by atoms with Crippen LogP contribution in [-0.2, 0) is 32.1 Å². The highest BCUT2D eigenvalue weighted by Crippen LogP contribution is 2.22. The fourth-order valence-electron chi connectivity index (χ4n) is 4.35. The molecule has 0 spiro atoms. The van der Waals surface area contributed by atoms with E-state index in [9.17, 15) is 19.2 Å². The van der Waals surface area contributed by atoms with Crippen molar-refractivity contribution in [3.8, 4) is 17.2 Å². The van der Waals surface area contributed by atoms with E-state index in [0.717, 1.165) is 17.9 Å². The molecule has 11 heteroatoms. The second-order valence-electron chi connectivity index (χ2n) is 11.3. The van der Waals surface area contributed by atoms with Crippen LogP contribution >= 0.6 is 0 Å². The SMILES string of the molecule is CCC(NC(=O)C(CC(C)C)NC(=O)CCc1ccc(OCCN(C)C)cc1)C(=O)C(=O)NCc1cc(OC)cc(OC)c1. The molecule has 0 saturated heterocycles. The Bertz CT molecular complexity index is 1210. The van der Waals surface area contributed by atoms with Gasteiger partial charge >= 0.3 is 0 Å². The number of aryl methyl sites for hydroxylation is 1. The molecule has 11 nitrogen and oxygen atoms in total. The smallest absolute Gasteiger partial charge is 0.289 e. The van der Waals surface area contributed by atoms with Crippen molar-refractivity contribution >= 4 is 23.5 Å². The van der Waals surface area contributed by atoms with Crippen molar-refractivity contribution in [1.29, 1.82) is 0 Å². The first-order valence-corrected chi connectivity index (χ1v) is 15.0. The molecule has 2 unspecified atom stereocenters. The van der Waals surface area contributed by atoms with Gasteiger partial charge in [-0.05, 0) is 74.7 Å². The normalized spacial score (nSPS) is 12.3. The molecule has 0 bridgehead atoms. The summed E-state index contributed by atoms with van der Waals surface area (Å²) in [5.74, 6) is -0.393. The maximum Gasteiger partial charge on any atom is 0.289 e. The zero-order chi connectivity index (χ0) is 32.6. The van der Waals surface area contributed by atoms with Gasteiger partial charge in [0, 0.05) is 25.6 Å². The molecule has 0 saturated carbocycles. The second-order valence-corrected chi connectivity index (χ2v) is 11.3. The predicted molar refractivity (Wildman–Crippen MR) is 169 cm³/mol. The van der Waals surface area contributed by atoms with Crippen LogP contribution in [0.2, 0.25) is 0 Å². The van der Waals surface area contributed by atoms with Crippen LogP contribution in [0.15, 0.2) is 42.5 Å². The molecular formula is C33H48N4O7. The third kappa shape index (κ3) is 12.6. The number of carbonyl (C=O) groups is 4. The van der Waals surface area contributed by atoms with Gasteiger partial charge < -0.3 is 35.1 Å². The van der Waals surface area contributed by atoms with Crippen molar-refractivity contribution in [2.24, 2.45) is 5.92 Å². The summed E-state index contributed by atoms with van der Waals surface area (Å²) < 4.78 is 16.2. The number of hydrogen-bond donors (Lipinski definition) is 3. The number of amides is 3. The minimum atomic E-state index is -1.03. The lowest BCUT2D eigenvalue weighted by molar-refractivity contribution is -0.140. The molecule has 2 aromatic carbocycles. The van der Waals surface area contributed by atoms with E-state index in [1.807, 2.05) is 57.1 Å². The number of hydrogen-bond acceptors (Lipinski definition) is 8. The summed E-state index contributed by atoms with van der Waals surface area (Å²) in [6.45, 7) is 7.06. The van der Waals surface area contributed by atoms with Crippen molar-refractivity contribution in [1.82, 2.24) is 20.9 Å². The molecule has 3 amide bonds. The summed E-state index contributed by atoms with van der Waals surface area (Å²) in [6.07, 6.45) is 1.28. The highest BCUT2D eigenvalue weighted by molar-refractivity contribution is 6.38. The van der Waals surface area contributed by atoms with Crippen LogP contribution in [-0.4, -0.2) is 82.0 Å². The van der Waals surface area contributed by atoms with Crippen LogP contribution < -0.4 is 30.2 Å². The standard InChI is InChI=1S/C33H48N4O7/c1-8-28(31(39)33(41)34-21-24-18-26(42-6)20-27(19-24)43-7)36-32(40)29(17-22(2)3)35-30(38)14-11-23-9-12-25(13-10-23)44-16-15-37(4)5/h9-10,12-13,18-20,22,28-29H,8,11,14-17,21H2,1-7H3,(H,34,41)(H,35,38)(H,36,40). The van der Waals surface area contributed by atoms with Crippen molar-refractivity contribution < 1.29 is 33.4 Å². The number of Topliss-reactive ketones (excluding diaryl/α,β-unsaturated/α-hetero) is 1. The van der Waals surface area contributed by atoms with E-state index in [1.54, 1.807) is 25.1 Å². The molecule has 3 N–H and O–H groups in total. The zero-order valence-corrected chi connectivity index (χ0v) is 27.0. The van der Waals surface area contributed by atoms with Gasteiger partial charge in [-0.3, -0.25) is 19.2 Å². The number of benzene rings is 2. The van der Waals surface area contributed by atoms with Crippen molar-refractivity contribution in [3.63, 3.8) is 0 Å². The summed E-state index contributed by atoms with van der Waals surface area (Å²) in [4.78, 5) is 53.7. The van der Waals surface area contributed by atoms with Crippen LogP contribution in [0.25, 0.3) is 0 Å². The van der Waals surface area contributed by atoms with Gasteiger partial charge in [0.15, 0.2) is 0 Å². The number of likely N-dealkylation sites (N-methyl/N-ethyl adjacent to an activating group) is 1. The van der Waals surface area contributed by atoms with Crippen LogP contribution in [0.4, 0.5) is 0 Å². The molecule has 0 fully saturated rings. The van der Waals surface area contributed by atoms with Gasteiger partial charge in [-0.1, -0.05) is 32.9 Å². The number of methoxy groups -OCH3 is 2. The van der Waals surface area contributed by atoms with Gasteiger partial charge in [0.25, 0.3) is 5.91 Å². The summed E-state index contributed by atoms with van der Waals surface area (Å²) in [6, 6.07) is 10.9. The van der Waals surface area contributed by atoms with E-state index in [1.165, 1.54) is 14.2 Å². The first-order valence-electron chi connectivity index (χ1n) is 15.0. The summed E-state index contributed by atoms with van der Waals surface area (Å²) in [7, 11) is 7.01. The van der Waals surface area contributed by atoms with E-state index in [4.69, 9.17) is 14.2 Å². The average molecular weight is 613 g/mol. The molecule has 2 aromatic rings. The molecule has 0 aromatic heterocycles. The van der Waals surface area contributed by atoms with Crippen LogP contribution in [0.1, 0.15) is 51.2 Å². The van der Waals surface area contributed by atoms with Crippen LogP contribution in [0, 0.1) is 5.92 Å². The van der Waals surface area contributed by atoms with Crippen molar-refractivity contribution in [2.75, 3.05) is 41.5 Å². The van der Waals surface area contributed by atoms with E-state index >= 15 is 0 Å². The Hall–Kier alpha value is -4.12. The third-order valence-electron chi connectivity index (χ3n) is 6.86. The van der Waals surface area contributed by atoms with E-state index in [2.05, 4.69) is 16.0 Å². The number of ether oxygens (including phenoxy) is 3. The lowest BCUT2D eigenvalue weighted by atomic mass is 10.0. The third-order valence-corrected chi connectivity index (χ3v) is 6.86. The summed E-state index contributed by atoms with van der Waals surface area (Å²) >= 11 is 0. The molecule has 242 valence electrons. The topological polar surface area (TPSA) is 135 Å². The molecular weight excluding hydrogens is 564 g/mol. The molecule has 0 aliphatic rings. The van der Waals surface area contributed by atoms with Gasteiger partial charge in [-0.25, -0.2) is 0 Å². The molecule has 44 heavy (non-hydrogen) atoms. The number of ketones is 1. The Kier molecular flexibility index (Phi) is 15.2. The first-order chi connectivity index (χ1) is 20.9. The second kappa shape index (κ2) is 18.5. The van der Waals surface area contributed by atoms with Crippen LogP contribution in [0.3, 0.4) is 0 Å². The Morgan fingerprint density at radius 2 is 1.48 bits per heavy atom. The lowest BCUT2D eigenvalue weighted by Gasteiger charge is -2.23. The zero-order valence-electron chi connectivity index (χ0n) is 27.0. The Labute approximate surface area is 261 Å². The molecule has 2 rings (SSSR count). The highest BCUT2D eigenvalue weighted by atomic mass is 16.5. The van der Waals surface area contributed by atoms with E-state index in [-0.39, 0.29) is 31.2 Å². The van der Waals surface area contributed by atoms with Crippen molar-refractivity contribution in [3.05, 3.63) is 53.6 Å². The summed E-state index contributed by atoms with van der Waals surface area (Å²) in [5.41, 5.74) is 1.66. The van der Waals surface area contributed by atoms with Gasteiger partial charge in [0.05, 0.1) is 20.3 Å². The van der Waals surface area contributed by atoms with Crippen molar-refractivity contribution in [2.45, 2.75) is 65.1 Å². The Morgan fingerprint density at radius 3 is 2.02 bits per heavy atom. The Morgan fingerprint density at radius 1 is 0.841 bits per heavy atom. The van der Waals surface area contributed by atoms with E-state index < -0.39 is 29.7 Å². The fourth-order valence-corrected chi connectivity index (χ4v) is 4.35. The minimum Gasteiger partial charge on any atom is -0.497 e. The van der Waals surface area contributed by atoms with Gasteiger partial charge in [0.2, 0.25) is 17.6 Å².